The van der Waals surface area contributed by atoms with Crippen LogP contribution in [0.5, 0.6) is 0 Å². The number of nitrogens with two attached hydrogens (primary N) is 1. The third-order valence-corrected chi connectivity index (χ3v) is 4.64. The number of alkyl halides is 1. The van der Waals surface area contributed by atoms with E-state index in [0.29, 0.717) is 24.7 Å². The van der Waals surface area contributed by atoms with E-state index < -0.39 is 11.5 Å². The zero-order valence-corrected chi connectivity index (χ0v) is 9.54. The summed E-state index contributed by atoms with van der Waals surface area (Å²) in [5.74, 6) is 0.0742. The number of fused-ring (bicyclic) bond motifs is 1. The summed E-state index contributed by atoms with van der Waals surface area (Å²) in [6.45, 7) is 0. The van der Waals surface area contributed by atoms with Crippen LogP contribution < -0.4 is 5.73 Å². The Bertz CT molecular complexity index is 271. The molecule has 3 N–H and O–H groups in total. The van der Waals surface area contributed by atoms with Crippen molar-refractivity contribution in [3.05, 3.63) is 0 Å². The topological polar surface area (TPSA) is 63.3 Å². The highest BCUT2D eigenvalue weighted by atomic mass is 35.5. The van der Waals surface area contributed by atoms with Gasteiger partial charge in [0.15, 0.2) is 0 Å². The van der Waals surface area contributed by atoms with E-state index in [-0.39, 0.29) is 5.38 Å². The molecule has 4 atom stereocenters. The van der Waals surface area contributed by atoms with E-state index in [1.54, 1.807) is 0 Å². The molecule has 2 rings (SSSR count). The van der Waals surface area contributed by atoms with E-state index in [9.17, 15) is 4.79 Å². The van der Waals surface area contributed by atoms with Gasteiger partial charge in [0.05, 0.1) is 0 Å². The Morgan fingerprint density at radius 2 is 2.13 bits per heavy atom. The molecule has 2 saturated carbocycles. The molecule has 0 heterocycles. The molecule has 0 aromatic carbocycles. The zero-order chi connectivity index (χ0) is 11.1. The minimum Gasteiger partial charge on any atom is -0.480 e. The normalized spacial score (nSPS) is 45.9. The summed E-state index contributed by atoms with van der Waals surface area (Å²) in [4.78, 5) is 11.1. The first-order valence-electron chi connectivity index (χ1n) is 5.69. The molecule has 3 nitrogen and oxygen atoms in total. The molecule has 4 unspecified atom stereocenters. The van der Waals surface area contributed by atoms with Crippen LogP contribution in [0.4, 0.5) is 0 Å². The first kappa shape index (κ1) is 11.2. The SMILES string of the molecule is NC1(C(=O)O)CCC2C(Cl)CCCC2C1. The molecule has 0 aromatic rings. The molecule has 4 heteroatoms. The number of halogens is 1. The third kappa shape index (κ3) is 2.00. The van der Waals surface area contributed by atoms with Gasteiger partial charge in [0.25, 0.3) is 0 Å². The van der Waals surface area contributed by atoms with Crippen molar-refractivity contribution in [2.75, 3.05) is 0 Å². The summed E-state index contributed by atoms with van der Waals surface area (Å²) in [5, 5.41) is 9.33. The maximum atomic E-state index is 11.1. The van der Waals surface area contributed by atoms with Crippen molar-refractivity contribution >= 4 is 17.6 Å². The van der Waals surface area contributed by atoms with Crippen molar-refractivity contribution < 1.29 is 9.90 Å². The number of aliphatic carboxylic acids is 1. The predicted octanol–water partition coefficient (Wildman–Crippen LogP) is 1.98. The largest absolute Gasteiger partial charge is 0.480 e. The van der Waals surface area contributed by atoms with E-state index in [0.717, 1.165) is 25.7 Å². The quantitative estimate of drug-likeness (QED) is 0.679. The third-order valence-electron chi connectivity index (χ3n) is 4.10. The number of rotatable bonds is 1. The molecule has 2 aliphatic carbocycles. The van der Waals surface area contributed by atoms with E-state index in [1.165, 1.54) is 0 Å². The van der Waals surface area contributed by atoms with Crippen molar-refractivity contribution in [2.24, 2.45) is 17.6 Å². The first-order chi connectivity index (χ1) is 7.03. The van der Waals surface area contributed by atoms with E-state index in [2.05, 4.69) is 0 Å². The fraction of sp³-hybridized carbons (Fsp3) is 0.909. The van der Waals surface area contributed by atoms with E-state index in [4.69, 9.17) is 22.4 Å². The van der Waals surface area contributed by atoms with Crippen LogP contribution in [0.3, 0.4) is 0 Å². The lowest BCUT2D eigenvalue weighted by molar-refractivity contribution is -0.146. The maximum Gasteiger partial charge on any atom is 0.323 e. The lowest BCUT2D eigenvalue weighted by atomic mass is 9.65. The molecule has 15 heavy (non-hydrogen) atoms. The van der Waals surface area contributed by atoms with Crippen LogP contribution in [0.25, 0.3) is 0 Å². The fourth-order valence-corrected chi connectivity index (χ4v) is 3.64. The van der Waals surface area contributed by atoms with Crippen LogP contribution in [0.15, 0.2) is 0 Å². The van der Waals surface area contributed by atoms with Gasteiger partial charge in [0.1, 0.15) is 5.54 Å². The molecule has 2 aliphatic rings. The molecular weight excluding hydrogens is 214 g/mol. The molecule has 0 bridgehead atoms. The monoisotopic (exact) mass is 231 g/mol. The zero-order valence-electron chi connectivity index (χ0n) is 8.79. The average Bonchev–Trinajstić information content (AvgIpc) is 2.17. The van der Waals surface area contributed by atoms with Crippen LogP contribution in [0.2, 0.25) is 0 Å². The predicted molar refractivity (Wildman–Crippen MR) is 58.9 cm³/mol. The highest BCUT2D eigenvalue weighted by Crippen LogP contribution is 2.45. The van der Waals surface area contributed by atoms with E-state index in [1.807, 2.05) is 0 Å². The first-order valence-corrected chi connectivity index (χ1v) is 6.13. The van der Waals surface area contributed by atoms with Gasteiger partial charge in [0, 0.05) is 5.38 Å². The Kier molecular flexibility index (Phi) is 2.95. The lowest BCUT2D eigenvalue weighted by Crippen LogP contribution is -2.54. The van der Waals surface area contributed by atoms with Gasteiger partial charge >= 0.3 is 5.97 Å². The summed E-state index contributed by atoms with van der Waals surface area (Å²) < 4.78 is 0. The second-order valence-electron chi connectivity index (χ2n) is 5.07. The Balaban J connectivity index is 2.09. The number of carboxylic acids is 1. The Morgan fingerprint density at radius 3 is 2.80 bits per heavy atom. The Hall–Kier alpha value is -0.280. The minimum atomic E-state index is -0.991. The van der Waals surface area contributed by atoms with E-state index >= 15 is 0 Å². The lowest BCUT2D eigenvalue weighted by Gasteiger charge is -2.44. The molecule has 0 aromatic heterocycles. The molecular formula is C11H18ClNO2. The standard InChI is InChI=1S/C11H18ClNO2/c12-9-3-1-2-7-6-11(13,10(14)15)5-4-8(7)9/h7-9H,1-6,13H2,(H,14,15). The van der Waals surface area contributed by atoms with Gasteiger partial charge in [-0.3, -0.25) is 4.79 Å². The number of hydrogen-bond donors (Lipinski definition) is 2. The highest BCUT2D eigenvalue weighted by Gasteiger charge is 2.46. The van der Waals surface area contributed by atoms with Crippen LogP contribution in [-0.4, -0.2) is 22.0 Å². The maximum absolute atomic E-state index is 11.1. The number of carboxylic acid groups (broad SMARTS) is 1. The molecule has 0 saturated heterocycles. The Morgan fingerprint density at radius 1 is 1.40 bits per heavy atom. The Labute approximate surface area is 95.0 Å². The van der Waals surface area contributed by atoms with Crippen LogP contribution in [0.1, 0.15) is 38.5 Å². The smallest absolute Gasteiger partial charge is 0.323 e. The van der Waals surface area contributed by atoms with Crippen LogP contribution in [0, 0.1) is 11.8 Å². The molecule has 0 spiro atoms. The van der Waals surface area contributed by atoms with Gasteiger partial charge in [-0.1, -0.05) is 6.42 Å². The molecule has 86 valence electrons. The minimum absolute atomic E-state index is 0.238. The van der Waals surface area contributed by atoms with Crippen molar-refractivity contribution in [2.45, 2.75) is 49.4 Å². The second-order valence-corrected chi connectivity index (χ2v) is 5.64. The van der Waals surface area contributed by atoms with Gasteiger partial charge in [-0.15, -0.1) is 11.6 Å². The van der Waals surface area contributed by atoms with Gasteiger partial charge in [0.2, 0.25) is 0 Å². The molecule has 0 amide bonds. The second kappa shape index (κ2) is 3.95. The summed E-state index contributed by atoms with van der Waals surface area (Å²) in [5.41, 5.74) is 4.92. The van der Waals surface area contributed by atoms with Crippen molar-refractivity contribution in [1.29, 1.82) is 0 Å². The summed E-state index contributed by atoms with van der Waals surface area (Å²) >= 11 is 6.27. The van der Waals surface area contributed by atoms with Crippen LogP contribution >= 0.6 is 11.6 Å². The molecule has 0 radical (unpaired) electrons. The van der Waals surface area contributed by atoms with Crippen molar-refractivity contribution in [3.63, 3.8) is 0 Å². The highest BCUT2D eigenvalue weighted by molar-refractivity contribution is 6.20. The van der Waals surface area contributed by atoms with Crippen molar-refractivity contribution in [1.82, 2.24) is 0 Å². The van der Waals surface area contributed by atoms with Gasteiger partial charge in [-0.25, -0.2) is 0 Å². The molecule has 0 aliphatic heterocycles. The fourth-order valence-electron chi connectivity index (χ4n) is 3.16. The van der Waals surface area contributed by atoms with Crippen LogP contribution in [-0.2, 0) is 4.79 Å². The summed E-state index contributed by atoms with van der Waals surface area (Å²) in [7, 11) is 0. The van der Waals surface area contributed by atoms with Gasteiger partial charge in [-0.05, 0) is 43.9 Å². The molecule has 2 fully saturated rings. The number of carbonyl (C=O) groups is 1. The van der Waals surface area contributed by atoms with Gasteiger partial charge < -0.3 is 10.8 Å². The summed E-state index contributed by atoms with van der Waals surface area (Å²) in [6, 6.07) is 0. The van der Waals surface area contributed by atoms with Crippen molar-refractivity contribution in [3.8, 4) is 0 Å². The average molecular weight is 232 g/mol. The van der Waals surface area contributed by atoms with Gasteiger partial charge in [-0.2, -0.15) is 0 Å². The summed E-state index contributed by atoms with van der Waals surface area (Å²) in [6.07, 6.45) is 5.35. The number of hydrogen-bond acceptors (Lipinski definition) is 2.